The third-order valence-electron chi connectivity index (χ3n) is 8.30. The number of nitrogens with one attached hydrogen (secondary N) is 2. The zero-order chi connectivity index (χ0) is 28.2. The molecule has 3 N–H and O–H groups in total. The Bertz CT molecular complexity index is 1620. The highest BCUT2D eigenvalue weighted by Crippen LogP contribution is 2.33. The van der Waals surface area contributed by atoms with Gasteiger partial charge in [0.15, 0.2) is 5.88 Å². The molecule has 0 bridgehead atoms. The fraction of sp³-hybridized carbons (Fsp3) is 0.364. The molecule has 0 spiro atoms. The van der Waals surface area contributed by atoms with Crippen LogP contribution in [0.5, 0.6) is 5.88 Å². The van der Waals surface area contributed by atoms with Crippen molar-refractivity contribution in [2.75, 3.05) is 13.1 Å². The van der Waals surface area contributed by atoms with Crippen LogP contribution in [0.15, 0.2) is 82.7 Å². The Morgan fingerprint density at radius 1 is 0.902 bits per heavy atom. The average molecular weight is 571 g/mol. The van der Waals surface area contributed by atoms with E-state index in [4.69, 9.17) is 4.99 Å². The zero-order valence-electron chi connectivity index (χ0n) is 23.4. The molecule has 1 aliphatic heterocycles. The summed E-state index contributed by atoms with van der Waals surface area (Å²) in [4.78, 5) is 10.7. The molecule has 0 unspecified atom stereocenters. The molecule has 1 saturated heterocycles. The first-order valence-electron chi connectivity index (χ1n) is 14.8. The van der Waals surface area contributed by atoms with Crippen molar-refractivity contribution in [1.82, 2.24) is 14.6 Å². The zero-order valence-corrected chi connectivity index (χ0v) is 24.2. The number of aromatic nitrogens is 1. The van der Waals surface area contributed by atoms with Crippen LogP contribution in [0, 0.1) is 0 Å². The molecule has 8 heteroatoms. The smallest absolute Gasteiger partial charge is 0.240 e. The number of likely N-dealkylation sites (tertiary alicyclic amines) is 1. The molecule has 1 saturated carbocycles. The SMILES string of the molecule is O=S(=O)(NC1CCCCC1)c1ccc2[nH]c(O)c(C(=Nc3ccc(CN4CCCCC4)cc3)c3ccccc3)c2c1. The van der Waals surface area contributed by atoms with Crippen LogP contribution in [-0.4, -0.2) is 48.3 Å². The van der Waals surface area contributed by atoms with Gasteiger partial charge in [0, 0.05) is 29.1 Å². The summed E-state index contributed by atoms with van der Waals surface area (Å²) in [5, 5.41) is 11.7. The number of aliphatic imine (C=N–C) groups is 1. The van der Waals surface area contributed by atoms with Crippen LogP contribution in [0.2, 0.25) is 0 Å². The molecule has 2 fully saturated rings. The summed E-state index contributed by atoms with van der Waals surface area (Å²) < 4.78 is 29.6. The number of H-pyrrole nitrogens is 1. The Morgan fingerprint density at radius 2 is 1.61 bits per heavy atom. The van der Waals surface area contributed by atoms with E-state index >= 15 is 0 Å². The molecular formula is C33H38N4O3S. The number of hydrogen-bond acceptors (Lipinski definition) is 5. The maximum absolute atomic E-state index is 13.4. The summed E-state index contributed by atoms with van der Waals surface area (Å²) in [7, 11) is -3.71. The lowest BCUT2D eigenvalue weighted by atomic mass is 9.96. The molecule has 7 nitrogen and oxygen atoms in total. The van der Waals surface area contributed by atoms with Crippen molar-refractivity contribution in [3.05, 3.63) is 89.5 Å². The van der Waals surface area contributed by atoms with Crippen LogP contribution in [0.25, 0.3) is 10.9 Å². The van der Waals surface area contributed by atoms with Crippen LogP contribution in [-0.2, 0) is 16.6 Å². The fourth-order valence-electron chi connectivity index (χ4n) is 6.11. The number of benzene rings is 3. The molecule has 41 heavy (non-hydrogen) atoms. The van der Waals surface area contributed by atoms with Gasteiger partial charge < -0.3 is 10.1 Å². The maximum Gasteiger partial charge on any atom is 0.240 e. The van der Waals surface area contributed by atoms with Gasteiger partial charge >= 0.3 is 0 Å². The lowest BCUT2D eigenvalue weighted by molar-refractivity contribution is 0.221. The first-order chi connectivity index (χ1) is 20.0. The average Bonchev–Trinajstić information content (AvgIpc) is 3.33. The quantitative estimate of drug-likeness (QED) is 0.207. The van der Waals surface area contributed by atoms with Gasteiger partial charge in [-0.1, -0.05) is 68.1 Å². The summed E-state index contributed by atoms with van der Waals surface area (Å²) in [6.07, 6.45) is 8.79. The second-order valence-electron chi connectivity index (χ2n) is 11.3. The Hall–Kier alpha value is -3.46. The second-order valence-corrected chi connectivity index (χ2v) is 13.1. The topological polar surface area (TPSA) is 97.8 Å². The molecule has 4 aromatic rings. The summed E-state index contributed by atoms with van der Waals surface area (Å²) in [5.41, 5.74) is 4.56. The van der Waals surface area contributed by atoms with Crippen molar-refractivity contribution in [1.29, 1.82) is 0 Å². The lowest BCUT2D eigenvalue weighted by Gasteiger charge is -2.26. The minimum atomic E-state index is -3.71. The number of rotatable bonds is 8. The summed E-state index contributed by atoms with van der Waals surface area (Å²) in [5.74, 6) is -0.0425. The fourth-order valence-corrected chi connectivity index (χ4v) is 7.44. The van der Waals surface area contributed by atoms with E-state index in [0.717, 1.165) is 63.0 Å². The number of fused-ring (bicyclic) bond motifs is 1. The molecule has 0 radical (unpaired) electrons. The minimum absolute atomic E-state index is 0.0390. The van der Waals surface area contributed by atoms with E-state index in [2.05, 4.69) is 26.7 Å². The van der Waals surface area contributed by atoms with Gasteiger partial charge in [0.25, 0.3) is 0 Å². The number of hydrogen-bond donors (Lipinski definition) is 3. The minimum Gasteiger partial charge on any atom is -0.494 e. The predicted octanol–water partition coefficient (Wildman–Crippen LogP) is 6.64. The van der Waals surface area contributed by atoms with Crippen molar-refractivity contribution in [2.45, 2.75) is 68.8 Å². The van der Waals surface area contributed by atoms with E-state index in [9.17, 15) is 13.5 Å². The number of piperidine rings is 1. The van der Waals surface area contributed by atoms with Crippen LogP contribution >= 0.6 is 0 Å². The molecule has 3 aromatic carbocycles. The van der Waals surface area contributed by atoms with Crippen molar-refractivity contribution >= 4 is 32.3 Å². The van der Waals surface area contributed by atoms with Crippen molar-refractivity contribution in [3.8, 4) is 5.88 Å². The monoisotopic (exact) mass is 570 g/mol. The van der Waals surface area contributed by atoms with E-state index in [1.165, 1.54) is 24.8 Å². The van der Waals surface area contributed by atoms with E-state index < -0.39 is 10.0 Å². The number of nitrogens with zero attached hydrogens (tertiary/aromatic N) is 2. The van der Waals surface area contributed by atoms with Gasteiger partial charge in [-0.05, 0) is 74.7 Å². The molecule has 214 valence electrons. The van der Waals surface area contributed by atoms with E-state index in [1.807, 2.05) is 42.5 Å². The highest BCUT2D eigenvalue weighted by molar-refractivity contribution is 7.89. The lowest BCUT2D eigenvalue weighted by Crippen LogP contribution is -2.36. The Labute approximate surface area is 242 Å². The highest BCUT2D eigenvalue weighted by Gasteiger charge is 2.25. The number of sulfonamides is 1. The Balaban J connectivity index is 1.37. The third-order valence-corrected chi connectivity index (χ3v) is 9.82. The van der Waals surface area contributed by atoms with Gasteiger partial charge in [-0.25, -0.2) is 18.1 Å². The van der Waals surface area contributed by atoms with Gasteiger partial charge in [0.2, 0.25) is 10.0 Å². The van der Waals surface area contributed by atoms with Crippen LogP contribution in [0.3, 0.4) is 0 Å². The summed E-state index contributed by atoms with van der Waals surface area (Å²) in [6, 6.07) is 22.9. The predicted molar refractivity (Wildman–Crippen MR) is 164 cm³/mol. The van der Waals surface area contributed by atoms with Crippen molar-refractivity contribution in [2.24, 2.45) is 4.99 Å². The number of aromatic hydroxyl groups is 1. The molecule has 2 heterocycles. The van der Waals surface area contributed by atoms with Crippen LogP contribution in [0.1, 0.15) is 68.1 Å². The molecule has 0 amide bonds. The van der Waals surface area contributed by atoms with Crippen LogP contribution < -0.4 is 4.72 Å². The van der Waals surface area contributed by atoms with E-state index in [-0.39, 0.29) is 16.8 Å². The summed E-state index contributed by atoms with van der Waals surface area (Å²) in [6.45, 7) is 3.22. The normalized spacial score (nSPS) is 17.7. The highest BCUT2D eigenvalue weighted by atomic mass is 32.2. The number of aromatic amines is 1. The Morgan fingerprint density at radius 3 is 2.34 bits per heavy atom. The van der Waals surface area contributed by atoms with Gasteiger partial charge in [-0.2, -0.15) is 0 Å². The summed E-state index contributed by atoms with van der Waals surface area (Å²) >= 11 is 0. The van der Waals surface area contributed by atoms with Gasteiger partial charge in [-0.15, -0.1) is 0 Å². The Kier molecular flexibility index (Phi) is 8.23. The second kappa shape index (κ2) is 12.2. The molecule has 0 atom stereocenters. The molecule has 1 aliphatic carbocycles. The first kappa shape index (κ1) is 27.7. The van der Waals surface area contributed by atoms with E-state index in [0.29, 0.717) is 22.2 Å². The molecule has 6 rings (SSSR count). The van der Waals surface area contributed by atoms with Gasteiger partial charge in [0.05, 0.1) is 21.9 Å². The van der Waals surface area contributed by atoms with Gasteiger partial charge in [-0.3, -0.25) is 4.90 Å². The van der Waals surface area contributed by atoms with Crippen LogP contribution in [0.4, 0.5) is 5.69 Å². The van der Waals surface area contributed by atoms with Gasteiger partial charge in [0.1, 0.15) is 0 Å². The molecular weight excluding hydrogens is 532 g/mol. The van der Waals surface area contributed by atoms with E-state index in [1.54, 1.807) is 18.2 Å². The molecule has 1 aromatic heterocycles. The van der Waals surface area contributed by atoms with Crippen molar-refractivity contribution in [3.63, 3.8) is 0 Å². The standard InChI is InChI=1S/C33H38N4O3S/c38-33-31(29-22-28(18-19-30(29)35-33)41(39,40)36-27-12-6-2-7-13-27)32(25-10-4-1-5-11-25)34-26-16-14-24(15-17-26)23-37-20-8-3-9-21-37/h1,4-5,10-11,14-19,22,27,35-36,38H,2-3,6-9,12-13,20-21,23H2. The maximum atomic E-state index is 13.4. The first-order valence-corrected chi connectivity index (χ1v) is 16.3. The third kappa shape index (κ3) is 6.40. The largest absolute Gasteiger partial charge is 0.494 e. The van der Waals surface area contributed by atoms with Crippen molar-refractivity contribution < 1.29 is 13.5 Å². The molecule has 2 aliphatic rings.